The van der Waals surface area contributed by atoms with Crippen molar-refractivity contribution < 1.29 is 9.47 Å². The number of nitrogens with zero attached hydrogens (tertiary/aromatic N) is 2. The number of nitrogens with one attached hydrogen (secondary N) is 1. The Morgan fingerprint density at radius 1 is 1.24 bits per heavy atom. The topological polar surface area (TPSA) is 57.5 Å². The molecule has 2 aliphatic rings. The van der Waals surface area contributed by atoms with Gasteiger partial charge in [-0.2, -0.15) is 5.26 Å². The minimum Gasteiger partial charge on any atom is -0.454 e. The Morgan fingerprint density at radius 3 is 2.71 bits per heavy atom. The normalized spacial score (nSPS) is 18.0. The van der Waals surface area contributed by atoms with Crippen LogP contribution in [0.5, 0.6) is 11.5 Å². The lowest BCUT2D eigenvalue weighted by Gasteiger charge is -2.34. The fourth-order valence-corrected chi connectivity index (χ4v) is 2.73. The molecule has 116 valence electrons. The largest absolute Gasteiger partial charge is 0.454 e. The highest BCUT2D eigenvalue weighted by molar-refractivity contribution is 5.85. The van der Waals surface area contributed by atoms with Crippen molar-refractivity contribution in [2.24, 2.45) is 0 Å². The predicted octanol–water partition coefficient (Wildman–Crippen LogP) is 2.12. The lowest BCUT2D eigenvalue weighted by molar-refractivity contribution is 0.159. The summed E-state index contributed by atoms with van der Waals surface area (Å²) >= 11 is 0. The summed E-state index contributed by atoms with van der Waals surface area (Å²) in [6.07, 6.45) is 0.472. The molecule has 5 nitrogen and oxygen atoms in total. The number of hydrogen-bond donors (Lipinski definition) is 1. The molecule has 0 bridgehead atoms. The first-order valence-corrected chi connectivity index (χ1v) is 6.60. The second kappa shape index (κ2) is 8.30. The number of nitriles is 1. The van der Waals surface area contributed by atoms with Gasteiger partial charge in [-0.3, -0.25) is 4.90 Å². The van der Waals surface area contributed by atoms with E-state index in [-0.39, 0.29) is 37.6 Å². The van der Waals surface area contributed by atoms with Crippen LogP contribution in [0.15, 0.2) is 18.2 Å². The van der Waals surface area contributed by atoms with Gasteiger partial charge in [0.05, 0.1) is 18.5 Å². The summed E-state index contributed by atoms with van der Waals surface area (Å²) in [5.74, 6) is 1.59. The van der Waals surface area contributed by atoms with Crippen molar-refractivity contribution in [2.45, 2.75) is 12.5 Å². The van der Waals surface area contributed by atoms with Crippen LogP contribution in [-0.2, 0) is 0 Å². The molecule has 1 atom stereocenters. The van der Waals surface area contributed by atoms with E-state index in [0.29, 0.717) is 6.42 Å². The van der Waals surface area contributed by atoms with Gasteiger partial charge >= 0.3 is 0 Å². The number of rotatable bonds is 3. The Bertz CT molecular complexity index is 501. The van der Waals surface area contributed by atoms with Crippen LogP contribution in [-0.4, -0.2) is 37.9 Å². The molecule has 1 aromatic rings. The van der Waals surface area contributed by atoms with Gasteiger partial charge in [-0.1, -0.05) is 12.1 Å². The summed E-state index contributed by atoms with van der Waals surface area (Å²) in [6.45, 7) is 4.11. The van der Waals surface area contributed by atoms with Gasteiger partial charge < -0.3 is 14.8 Å². The van der Waals surface area contributed by atoms with Crippen molar-refractivity contribution in [3.8, 4) is 17.6 Å². The lowest BCUT2D eigenvalue weighted by atomic mass is 10.00. The molecule has 1 N–H and O–H groups in total. The lowest BCUT2D eigenvalue weighted by Crippen LogP contribution is -2.45. The third-order valence-corrected chi connectivity index (χ3v) is 3.66. The molecule has 0 saturated carbocycles. The Balaban J connectivity index is 0.00000110. The van der Waals surface area contributed by atoms with Crippen LogP contribution in [0.2, 0.25) is 0 Å². The highest BCUT2D eigenvalue weighted by Crippen LogP contribution is 2.41. The molecule has 1 fully saturated rings. The zero-order valence-electron chi connectivity index (χ0n) is 11.6. The molecule has 0 radical (unpaired) electrons. The maximum absolute atomic E-state index is 9.11. The monoisotopic (exact) mass is 331 g/mol. The summed E-state index contributed by atoms with van der Waals surface area (Å²) in [5.41, 5.74) is 1.07. The zero-order valence-corrected chi connectivity index (χ0v) is 13.2. The molecule has 1 aromatic carbocycles. The first kappa shape index (κ1) is 17.9. The zero-order chi connectivity index (χ0) is 13.1. The smallest absolute Gasteiger partial charge is 0.231 e. The molecule has 0 unspecified atom stereocenters. The molecule has 0 aromatic heterocycles. The van der Waals surface area contributed by atoms with E-state index in [0.717, 1.165) is 43.2 Å². The van der Waals surface area contributed by atoms with Gasteiger partial charge in [0.15, 0.2) is 11.5 Å². The molecular formula is C14H19Cl2N3O2. The van der Waals surface area contributed by atoms with Gasteiger partial charge in [-0.25, -0.2) is 0 Å². The van der Waals surface area contributed by atoms with E-state index in [1.807, 2.05) is 18.2 Å². The van der Waals surface area contributed by atoms with Crippen LogP contribution in [0.3, 0.4) is 0 Å². The number of benzene rings is 1. The van der Waals surface area contributed by atoms with Gasteiger partial charge in [0.25, 0.3) is 0 Å². The number of hydrogen-bond acceptors (Lipinski definition) is 5. The van der Waals surface area contributed by atoms with Crippen LogP contribution in [0.1, 0.15) is 18.0 Å². The maximum Gasteiger partial charge on any atom is 0.231 e. The summed E-state index contributed by atoms with van der Waals surface area (Å²) in [5, 5.41) is 12.4. The van der Waals surface area contributed by atoms with Crippen molar-refractivity contribution in [3.05, 3.63) is 23.8 Å². The van der Waals surface area contributed by atoms with Crippen LogP contribution in [0, 0.1) is 11.3 Å². The van der Waals surface area contributed by atoms with Crippen LogP contribution in [0.25, 0.3) is 0 Å². The average Bonchev–Trinajstić information content (AvgIpc) is 2.94. The highest BCUT2D eigenvalue weighted by Gasteiger charge is 2.28. The SMILES string of the molecule is Cl.Cl.N#CC[C@H](c1cccc2c1OCO2)N1CCNCC1. The number of fused-ring (bicyclic) bond motifs is 1. The quantitative estimate of drug-likeness (QED) is 0.919. The fourth-order valence-electron chi connectivity index (χ4n) is 2.73. The van der Waals surface area contributed by atoms with Gasteiger partial charge in [0, 0.05) is 31.7 Å². The van der Waals surface area contributed by atoms with Crippen molar-refractivity contribution in [2.75, 3.05) is 33.0 Å². The molecule has 1 saturated heterocycles. The van der Waals surface area contributed by atoms with E-state index in [1.54, 1.807) is 0 Å². The van der Waals surface area contributed by atoms with E-state index in [1.165, 1.54) is 0 Å². The van der Waals surface area contributed by atoms with E-state index >= 15 is 0 Å². The van der Waals surface area contributed by atoms with Gasteiger partial charge in [0.1, 0.15) is 0 Å². The summed E-state index contributed by atoms with van der Waals surface area (Å²) < 4.78 is 11.0. The minimum atomic E-state index is 0. The van der Waals surface area contributed by atoms with Crippen molar-refractivity contribution in [1.82, 2.24) is 10.2 Å². The summed E-state index contributed by atoms with van der Waals surface area (Å²) in [4.78, 5) is 2.34. The molecule has 21 heavy (non-hydrogen) atoms. The van der Waals surface area contributed by atoms with E-state index in [2.05, 4.69) is 16.3 Å². The van der Waals surface area contributed by atoms with Crippen molar-refractivity contribution in [1.29, 1.82) is 5.26 Å². The Morgan fingerprint density at radius 2 is 2.00 bits per heavy atom. The second-order valence-corrected chi connectivity index (χ2v) is 4.75. The molecule has 3 rings (SSSR count). The molecular weight excluding hydrogens is 313 g/mol. The maximum atomic E-state index is 9.11. The number of para-hydroxylation sites is 1. The van der Waals surface area contributed by atoms with Crippen molar-refractivity contribution in [3.63, 3.8) is 0 Å². The molecule has 0 amide bonds. The number of ether oxygens (including phenoxy) is 2. The molecule has 2 heterocycles. The third-order valence-electron chi connectivity index (χ3n) is 3.66. The fraction of sp³-hybridized carbons (Fsp3) is 0.500. The minimum absolute atomic E-state index is 0. The van der Waals surface area contributed by atoms with Crippen LogP contribution >= 0.6 is 24.8 Å². The van der Waals surface area contributed by atoms with E-state index in [4.69, 9.17) is 14.7 Å². The Labute approximate surface area is 137 Å². The highest BCUT2D eigenvalue weighted by atomic mass is 35.5. The third kappa shape index (κ3) is 3.72. The number of piperazine rings is 1. The van der Waals surface area contributed by atoms with Gasteiger partial charge in [0.2, 0.25) is 6.79 Å². The Kier molecular flexibility index (Phi) is 7.06. The standard InChI is InChI=1S/C14H17N3O2.2ClH/c15-5-4-12(17-8-6-16-7-9-17)11-2-1-3-13-14(11)19-10-18-13;;/h1-3,12,16H,4,6-10H2;2*1H/t12-;;/m1../s1. The number of halogens is 2. The van der Waals surface area contributed by atoms with Crippen molar-refractivity contribution >= 4 is 24.8 Å². The first-order chi connectivity index (χ1) is 9.40. The van der Waals surface area contributed by atoms with Crippen LogP contribution in [0.4, 0.5) is 0 Å². The second-order valence-electron chi connectivity index (χ2n) is 4.75. The summed E-state index contributed by atoms with van der Waals surface area (Å²) in [7, 11) is 0. The van der Waals surface area contributed by atoms with E-state index < -0.39 is 0 Å². The first-order valence-electron chi connectivity index (χ1n) is 6.60. The average molecular weight is 332 g/mol. The molecule has 7 heteroatoms. The summed E-state index contributed by atoms with van der Waals surface area (Å²) in [6, 6.07) is 8.30. The Hall–Kier alpha value is -1.19. The predicted molar refractivity (Wildman–Crippen MR) is 84.5 cm³/mol. The molecule has 0 aliphatic carbocycles. The molecule has 2 aliphatic heterocycles. The van der Waals surface area contributed by atoms with Gasteiger partial charge in [-0.05, 0) is 6.07 Å². The van der Waals surface area contributed by atoms with E-state index in [9.17, 15) is 0 Å². The van der Waals surface area contributed by atoms with Gasteiger partial charge in [-0.15, -0.1) is 24.8 Å². The molecule has 0 spiro atoms. The van der Waals surface area contributed by atoms with Crippen LogP contribution < -0.4 is 14.8 Å².